The number of fused-ring (bicyclic) bond motifs is 1. The van der Waals surface area contributed by atoms with Gasteiger partial charge in [-0.1, -0.05) is 43.8 Å². The molecular formula is C29H39N5. The third-order valence-corrected chi connectivity index (χ3v) is 6.33. The Hall–Kier alpha value is -3.47. The predicted molar refractivity (Wildman–Crippen MR) is 146 cm³/mol. The van der Waals surface area contributed by atoms with Crippen molar-refractivity contribution in [1.29, 1.82) is 0 Å². The number of hydrogen-bond acceptors (Lipinski definition) is 4. The fourth-order valence-electron chi connectivity index (χ4n) is 4.69. The molecular weight excluding hydrogens is 418 g/mol. The van der Waals surface area contributed by atoms with Gasteiger partial charge in [-0.3, -0.25) is 0 Å². The molecule has 5 heteroatoms. The number of nitrogens with zero attached hydrogens (tertiary/aromatic N) is 2. The van der Waals surface area contributed by atoms with Crippen molar-refractivity contribution in [2.24, 2.45) is 10.7 Å². The summed E-state index contributed by atoms with van der Waals surface area (Å²) in [6.45, 7) is 20.8. The first-order valence-electron chi connectivity index (χ1n) is 12.0. The molecule has 0 unspecified atom stereocenters. The zero-order valence-corrected chi connectivity index (χ0v) is 21.4. The Morgan fingerprint density at radius 2 is 1.82 bits per heavy atom. The minimum absolute atomic E-state index is 0.480. The average molecular weight is 458 g/mol. The average Bonchev–Trinajstić information content (AvgIpc) is 2.76. The van der Waals surface area contributed by atoms with Crippen molar-refractivity contribution in [3.05, 3.63) is 94.5 Å². The number of rotatable bonds is 8. The summed E-state index contributed by atoms with van der Waals surface area (Å²) in [5.41, 5.74) is 16.7. The standard InChI is InChI=1S/C29H39N5/c1-8-24-17-26-25(16-20(24)4)10-12-34(13-11-32-23(7)30)28(18-27(26)31-9-2)33-29-21(5)14-19(3)15-22(29)6/h9,14-18,31-32H,2,7-8,10-13,30H2,1,3-6H3/b27-18-,33-28?. The summed E-state index contributed by atoms with van der Waals surface area (Å²) in [5.74, 6) is 1.40. The normalized spacial score (nSPS) is 16.2. The lowest BCUT2D eigenvalue weighted by Gasteiger charge is -2.29. The van der Waals surface area contributed by atoms with Crippen molar-refractivity contribution in [3.63, 3.8) is 0 Å². The molecule has 2 aromatic rings. The lowest BCUT2D eigenvalue weighted by molar-refractivity contribution is 0.421. The van der Waals surface area contributed by atoms with E-state index >= 15 is 0 Å². The minimum atomic E-state index is 0.480. The molecule has 0 fully saturated rings. The predicted octanol–water partition coefficient (Wildman–Crippen LogP) is 5.16. The SMILES string of the molecule is C=CN/C1=C\C(=Nc2c(C)cc(C)cc2C)N(CCNC(=C)N)CCc2cc(C)c(CC)cc21. The molecule has 0 aliphatic carbocycles. The van der Waals surface area contributed by atoms with E-state index in [1.54, 1.807) is 6.20 Å². The summed E-state index contributed by atoms with van der Waals surface area (Å²) in [5, 5.41) is 6.55. The number of amidine groups is 1. The van der Waals surface area contributed by atoms with E-state index in [0.29, 0.717) is 12.4 Å². The summed E-state index contributed by atoms with van der Waals surface area (Å²) >= 11 is 0. The molecule has 3 rings (SSSR count). The smallest absolute Gasteiger partial charge is 0.131 e. The van der Waals surface area contributed by atoms with Crippen molar-refractivity contribution in [2.45, 2.75) is 47.5 Å². The number of aliphatic imine (C=N–C) groups is 1. The molecule has 0 saturated heterocycles. The van der Waals surface area contributed by atoms with Crippen LogP contribution >= 0.6 is 0 Å². The summed E-state index contributed by atoms with van der Waals surface area (Å²) in [6, 6.07) is 9.04. The van der Waals surface area contributed by atoms with Crippen LogP contribution in [0.1, 0.15) is 45.9 Å². The maximum Gasteiger partial charge on any atom is 0.131 e. The van der Waals surface area contributed by atoms with Gasteiger partial charge in [0.1, 0.15) is 5.84 Å². The first-order valence-corrected chi connectivity index (χ1v) is 12.0. The molecule has 1 aliphatic heterocycles. The zero-order chi connectivity index (χ0) is 24.8. The van der Waals surface area contributed by atoms with Gasteiger partial charge in [0.25, 0.3) is 0 Å². The van der Waals surface area contributed by atoms with Crippen molar-refractivity contribution in [2.75, 3.05) is 19.6 Å². The second-order valence-electron chi connectivity index (χ2n) is 9.10. The van der Waals surface area contributed by atoms with Gasteiger partial charge in [-0.25, -0.2) is 4.99 Å². The summed E-state index contributed by atoms with van der Waals surface area (Å²) in [7, 11) is 0. The van der Waals surface area contributed by atoms with E-state index in [1.807, 2.05) is 0 Å². The van der Waals surface area contributed by atoms with Crippen LogP contribution in [0.4, 0.5) is 5.69 Å². The fraction of sp³-hybridized carbons (Fsp3) is 0.345. The number of benzene rings is 2. The molecule has 0 bridgehead atoms. The first kappa shape index (κ1) is 25.2. The van der Waals surface area contributed by atoms with E-state index in [0.717, 1.165) is 43.2 Å². The van der Waals surface area contributed by atoms with Gasteiger partial charge in [-0.15, -0.1) is 0 Å². The molecule has 0 amide bonds. The Kier molecular flexibility index (Phi) is 8.21. The number of nitrogens with two attached hydrogens (primary N) is 1. The number of hydrogen-bond donors (Lipinski definition) is 3. The third kappa shape index (κ3) is 5.90. The molecule has 0 saturated carbocycles. The minimum Gasteiger partial charge on any atom is -0.386 e. The van der Waals surface area contributed by atoms with Gasteiger partial charge in [-0.2, -0.15) is 0 Å². The lowest BCUT2D eigenvalue weighted by atomic mass is 9.92. The van der Waals surface area contributed by atoms with Crippen molar-refractivity contribution in [1.82, 2.24) is 15.5 Å². The van der Waals surface area contributed by atoms with Gasteiger partial charge in [0.05, 0.1) is 11.5 Å². The van der Waals surface area contributed by atoms with E-state index in [9.17, 15) is 0 Å². The van der Waals surface area contributed by atoms with Crippen LogP contribution in [0.2, 0.25) is 0 Å². The van der Waals surface area contributed by atoms with Crippen LogP contribution in [0.15, 0.2) is 60.5 Å². The second kappa shape index (κ2) is 11.1. The van der Waals surface area contributed by atoms with Gasteiger partial charge in [0.15, 0.2) is 0 Å². The highest BCUT2D eigenvalue weighted by Crippen LogP contribution is 2.29. The Morgan fingerprint density at radius 3 is 2.44 bits per heavy atom. The number of aryl methyl sites for hydroxylation is 5. The van der Waals surface area contributed by atoms with E-state index in [4.69, 9.17) is 10.7 Å². The summed E-state index contributed by atoms with van der Waals surface area (Å²) in [4.78, 5) is 7.54. The molecule has 0 aromatic heterocycles. The van der Waals surface area contributed by atoms with Crippen molar-refractivity contribution in [3.8, 4) is 0 Å². The maximum atomic E-state index is 5.76. The molecule has 34 heavy (non-hydrogen) atoms. The molecule has 1 heterocycles. The highest BCUT2D eigenvalue weighted by molar-refractivity contribution is 6.01. The van der Waals surface area contributed by atoms with Crippen LogP contribution < -0.4 is 16.4 Å². The van der Waals surface area contributed by atoms with Gasteiger partial charge in [-0.05, 0) is 80.6 Å². The summed E-state index contributed by atoms with van der Waals surface area (Å²) in [6.07, 6.45) is 5.83. The van der Waals surface area contributed by atoms with Gasteiger partial charge >= 0.3 is 0 Å². The molecule has 4 N–H and O–H groups in total. The van der Waals surface area contributed by atoms with Gasteiger partial charge in [0.2, 0.25) is 0 Å². The molecule has 0 spiro atoms. The first-order chi connectivity index (χ1) is 16.2. The van der Waals surface area contributed by atoms with Gasteiger partial charge < -0.3 is 21.3 Å². The van der Waals surface area contributed by atoms with Gasteiger partial charge in [0, 0.05) is 37.0 Å². The topological polar surface area (TPSA) is 65.7 Å². The van der Waals surface area contributed by atoms with Crippen LogP contribution in [-0.4, -0.2) is 30.4 Å². The maximum absolute atomic E-state index is 5.76. The summed E-state index contributed by atoms with van der Waals surface area (Å²) < 4.78 is 0. The molecule has 0 radical (unpaired) electrons. The number of nitrogens with one attached hydrogen (secondary N) is 2. The zero-order valence-electron chi connectivity index (χ0n) is 21.4. The van der Waals surface area contributed by atoms with E-state index in [2.05, 4.69) is 93.7 Å². The Morgan fingerprint density at radius 1 is 1.12 bits per heavy atom. The Labute approximate surface area is 205 Å². The van der Waals surface area contributed by atoms with Crippen LogP contribution in [0, 0.1) is 27.7 Å². The van der Waals surface area contributed by atoms with Crippen LogP contribution in [0.5, 0.6) is 0 Å². The molecule has 180 valence electrons. The van der Waals surface area contributed by atoms with Crippen LogP contribution in [-0.2, 0) is 12.8 Å². The van der Waals surface area contributed by atoms with E-state index < -0.39 is 0 Å². The van der Waals surface area contributed by atoms with Crippen LogP contribution in [0.25, 0.3) is 5.70 Å². The quantitative estimate of drug-likeness (QED) is 0.512. The van der Waals surface area contributed by atoms with Crippen LogP contribution in [0.3, 0.4) is 0 Å². The molecule has 5 nitrogen and oxygen atoms in total. The van der Waals surface area contributed by atoms with Crippen molar-refractivity contribution >= 4 is 17.2 Å². The lowest BCUT2D eigenvalue weighted by Crippen LogP contribution is -2.39. The molecule has 0 atom stereocenters. The molecule has 2 aromatic carbocycles. The Bertz CT molecular complexity index is 1120. The second-order valence-corrected chi connectivity index (χ2v) is 9.10. The highest BCUT2D eigenvalue weighted by Gasteiger charge is 2.20. The monoisotopic (exact) mass is 457 g/mol. The van der Waals surface area contributed by atoms with E-state index in [1.165, 1.54) is 38.9 Å². The van der Waals surface area contributed by atoms with Crippen molar-refractivity contribution < 1.29 is 0 Å². The van der Waals surface area contributed by atoms with E-state index in [-0.39, 0.29) is 0 Å². The highest BCUT2D eigenvalue weighted by atomic mass is 15.2. The largest absolute Gasteiger partial charge is 0.386 e. The molecule has 1 aliphatic rings. The Balaban J connectivity index is 2.18. The fourth-order valence-corrected chi connectivity index (χ4v) is 4.69. The third-order valence-electron chi connectivity index (χ3n) is 6.33.